The average Bonchev–Trinajstić information content (AvgIpc) is 2.80. The van der Waals surface area contributed by atoms with Crippen LogP contribution in [0.25, 0.3) is 11.0 Å². The first-order valence-electron chi connectivity index (χ1n) is 8.27. The number of aromatic nitrogens is 2. The van der Waals surface area contributed by atoms with Gasteiger partial charge in [0, 0.05) is 40.3 Å². The number of amides is 1. The summed E-state index contributed by atoms with van der Waals surface area (Å²) in [6.45, 7) is 4.88. The van der Waals surface area contributed by atoms with E-state index in [1.165, 1.54) is 0 Å². The van der Waals surface area contributed by atoms with E-state index in [2.05, 4.69) is 10.2 Å². The molecule has 0 spiro atoms. The minimum Gasteiger partial charge on any atom is -0.379 e. The second kappa shape index (κ2) is 7.19. The van der Waals surface area contributed by atoms with Crippen molar-refractivity contribution in [3.63, 3.8) is 0 Å². The largest absolute Gasteiger partial charge is 0.379 e. The quantitative estimate of drug-likeness (QED) is 0.828. The standard InChI is InChI=1S/C17H24N4O3/c1-19-14-4-3-13(11-15(14)20(2)17(19)23)12-16(22)18-5-6-21-7-9-24-10-8-21/h3-4,11H,5-10,12H2,1-2H3,(H,18,22). The Morgan fingerprint density at radius 3 is 2.62 bits per heavy atom. The number of benzene rings is 1. The summed E-state index contributed by atoms with van der Waals surface area (Å²) < 4.78 is 8.52. The number of nitrogens with one attached hydrogen (secondary N) is 1. The Labute approximate surface area is 140 Å². The van der Waals surface area contributed by atoms with E-state index in [1.54, 1.807) is 23.2 Å². The van der Waals surface area contributed by atoms with Crippen molar-refractivity contribution >= 4 is 16.9 Å². The van der Waals surface area contributed by atoms with Crippen molar-refractivity contribution in [2.24, 2.45) is 14.1 Å². The Morgan fingerprint density at radius 2 is 1.88 bits per heavy atom. The number of aryl methyl sites for hydroxylation is 2. The van der Waals surface area contributed by atoms with Crippen LogP contribution in [0.3, 0.4) is 0 Å². The molecule has 2 aromatic rings. The zero-order chi connectivity index (χ0) is 17.1. The Balaban J connectivity index is 1.57. The van der Waals surface area contributed by atoms with Crippen LogP contribution in [0, 0.1) is 0 Å². The molecule has 2 heterocycles. The Kier molecular flexibility index (Phi) is 5.01. The minimum atomic E-state index is -0.0582. The molecule has 1 amide bonds. The second-order valence-corrected chi connectivity index (χ2v) is 6.20. The summed E-state index contributed by atoms with van der Waals surface area (Å²) in [5, 5.41) is 2.96. The molecule has 0 saturated carbocycles. The molecule has 1 saturated heterocycles. The van der Waals surface area contributed by atoms with Gasteiger partial charge in [-0.25, -0.2) is 4.79 Å². The van der Waals surface area contributed by atoms with E-state index in [9.17, 15) is 9.59 Å². The summed E-state index contributed by atoms with van der Waals surface area (Å²) in [6, 6.07) is 5.72. The molecule has 0 radical (unpaired) electrons. The molecule has 3 rings (SSSR count). The number of carbonyl (C=O) groups excluding carboxylic acids is 1. The van der Waals surface area contributed by atoms with Gasteiger partial charge in [0.05, 0.1) is 30.7 Å². The third-order valence-electron chi connectivity index (χ3n) is 4.55. The number of ether oxygens (including phenoxy) is 1. The van der Waals surface area contributed by atoms with Gasteiger partial charge in [0.25, 0.3) is 0 Å². The van der Waals surface area contributed by atoms with E-state index in [0.29, 0.717) is 13.0 Å². The first-order chi connectivity index (χ1) is 11.6. The average molecular weight is 332 g/mol. The number of imidazole rings is 1. The summed E-state index contributed by atoms with van der Waals surface area (Å²) >= 11 is 0. The van der Waals surface area contributed by atoms with Gasteiger partial charge < -0.3 is 10.1 Å². The topological polar surface area (TPSA) is 68.5 Å². The fraction of sp³-hybridized carbons (Fsp3) is 0.529. The van der Waals surface area contributed by atoms with Crippen LogP contribution in [0.5, 0.6) is 0 Å². The van der Waals surface area contributed by atoms with Crippen molar-refractivity contribution in [1.82, 2.24) is 19.4 Å². The molecule has 24 heavy (non-hydrogen) atoms. The van der Waals surface area contributed by atoms with Gasteiger partial charge in [-0.1, -0.05) is 6.07 Å². The third-order valence-corrected chi connectivity index (χ3v) is 4.55. The van der Waals surface area contributed by atoms with Crippen molar-refractivity contribution in [2.45, 2.75) is 6.42 Å². The van der Waals surface area contributed by atoms with E-state index >= 15 is 0 Å². The van der Waals surface area contributed by atoms with Crippen molar-refractivity contribution in [1.29, 1.82) is 0 Å². The van der Waals surface area contributed by atoms with Gasteiger partial charge >= 0.3 is 5.69 Å². The number of fused-ring (bicyclic) bond motifs is 1. The van der Waals surface area contributed by atoms with Gasteiger partial charge in [-0.05, 0) is 17.7 Å². The lowest BCUT2D eigenvalue weighted by atomic mass is 10.1. The molecule has 1 fully saturated rings. The fourth-order valence-electron chi connectivity index (χ4n) is 3.09. The van der Waals surface area contributed by atoms with Crippen molar-refractivity contribution < 1.29 is 9.53 Å². The van der Waals surface area contributed by atoms with Crippen LogP contribution in [-0.4, -0.2) is 59.3 Å². The molecule has 130 valence electrons. The molecule has 0 unspecified atom stereocenters. The summed E-state index contributed by atoms with van der Waals surface area (Å²) in [5.74, 6) is 0.00328. The lowest BCUT2D eigenvalue weighted by molar-refractivity contribution is -0.120. The van der Waals surface area contributed by atoms with E-state index in [4.69, 9.17) is 4.74 Å². The summed E-state index contributed by atoms with van der Waals surface area (Å²) in [7, 11) is 3.50. The number of nitrogens with zero attached hydrogens (tertiary/aromatic N) is 3. The minimum absolute atomic E-state index is 0.00328. The third kappa shape index (κ3) is 3.52. The highest BCUT2D eigenvalue weighted by Crippen LogP contribution is 2.14. The zero-order valence-electron chi connectivity index (χ0n) is 14.2. The highest BCUT2D eigenvalue weighted by atomic mass is 16.5. The van der Waals surface area contributed by atoms with E-state index in [1.807, 2.05) is 18.2 Å². The smallest absolute Gasteiger partial charge is 0.328 e. The van der Waals surface area contributed by atoms with Crippen LogP contribution < -0.4 is 11.0 Å². The summed E-state index contributed by atoms with van der Waals surface area (Å²) in [4.78, 5) is 26.4. The van der Waals surface area contributed by atoms with Gasteiger partial charge in [0.15, 0.2) is 0 Å². The molecule has 7 nitrogen and oxygen atoms in total. The number of morpholine rings is 1. The molecule has 1 N–H and O–H groups in total. The Hall–Kier alpha value is -2.12. The Bertz CT molecular complexity index is 787. The molecule has 0 atom stereocenters. The van der Waals surface area contributed by atoms with Gasteiger partial charge in [0.1, 0.15) is 0 Å². The van der Waals surface area contributed by atoms with Crippen LogP contribution in [-0.2, 0) is 30.0 Å². The summed E-state index contributed by atoms with van der Waals surface area (Å²) in [5.41, 5.74) is 2.57. The lowest BCUT2D eigenvalue weighted by Gasteiger charge is -2.26. The SMILES string of the molecule is Cn1c(=O)n(C)c2cc(CC(=O)NCCN3CCOCC3)ccc21. The lowest BCUT2D eigenvalue weighted by Crippen LogP contribution is -2.41. The molecule has 0 bridgehead atoms. The molecule has 7 heteroatoms. The first kappa shape index (κ1) is 16.7. The van der Waals surface area contributed by atoms with Gasteiger partial charge in [-0.2, -0.15) is 0 Å². The van der Waals surface area contributed by atoms with Crippen LogP contribution >= 0.6 is 0 Å². The molecular formula is C17H24N4O3. The molecule has 0 aliphatic carbocycles. The maximum Gasteiger partial charge on any atom is 0.328 e. The second-order valence-electron chi connectivity index (χ2n) is 6.20. The zero-order valence-corrected chi connectivity index (χ0v) is 14.2. The molecule has 1 aromatic carbocycles. The molecule has 1 aromatic heterocycles. The molecule has 1 aliphatic rings. The van der Waals surface area contributed by atoms with Gasteiger partial charge in [-0.15, -0.1) is 0 Å². The Morgan fingerprint density at radius 1 is 1.17 bits per heavy atom. The van der Waals surface area contributed by atoms with Gasteiger partial charge in [-0.3, -0.25) is 18.8 Å². The van der Waals surface area contributed by atoms with Gasteiger partial charge in [0.2, 0.25) is 5.91 Å². The van der Waals surface area contributed by atoms with Crippen LogP contribution in [0.15, 0.2) is 23.0 Å². The normalized spacial score (nSPS) is 15.8. The predicted octanol–water partition coefficient (Wildman–Crippen LogP) is -0.132. The van der Waals surface area contributed by atoms with E-state index < -0.39 is 0 Å². The highest BCUT2D eigenvalue weighted by Gasteiger charge is 2.12. The van der Waals surface area contributed by atoms with Crippen LogP contribution in [0.4, 0.5) is 0 Å². The van der Waals surface area contributed by atoms with E-state index in [0.717, 1.165) is 49.4 Å². The highest BCUT2D eigenvalue weighted by molar-refractivity contribution is 5.82. The molecule has 1 aliphatic heterocycles. The summed E-state index contributed by atoms with van der Waals surface area (Å²) in [6.07, 6.45) is 0.322. The maximum atomic E-state index is 12.1. The number of hydrogen-bond donors (Lipinski definition) is 1. The van der Waals surface area contributed by atoms with Crippen molar-refractivity contribution in [3.05, 3.63) is 34.2 Å². The number of rotatable bonds is 5. The van der Waals surface area contributed by atoms with E-state index in [-0.39, 0.29) is 11.6 Å². The number of hydrogen-bond acceptors (Lipinski definition) is 4. The fourth-order valence-corrected chi connectivity index (χ4v) is 3.09. The van der Waals surface area contributed by atoms with Crippen molar-refractivity contribution in [3.8, 4) is 0 Å². The number of carbonyl (C=O) groups is 1. The predicted molar refractivity (Wildman–Crippen MR) is 92.1 cm³/mol. The maximum absolute atomic E-state index is 12.1. The van der Waals surface area contributed by atoms with Crippen molar-refractivity contribution in [2.75, 3.05) is 39.4 Å². The molecular weight excluding hydrogens is 308 g/mol. The monoisotopic (exact) mass is 332 g/mol. The first-order valence-corrected chi connectivity index (χ1v) is 8.27. The van der Waals surface area contributed by atoms with Crippen LogP contribution in [0.1, 0.15) is 5.56 Å². The van der Waals surface area contributed by atoms with Crippen LogP contribution in [0.2, 0.25) is 0 Å².